The van der Waals surface area contributed by atoms with E-state index in [9.17, 15) is 13.2 Å². The molecule has 2 aromatic rings. The Labute approximate surface area is 114 Å². The molecule has 0 saturated carbocycles. The van der Waals surface area contributed by atoms with Crippen molar-refractivity contribution in [3.05, 3.63) is 60.2 Å². The summed E-state index contributed by atoms with van der Waals surface area (Å²) in [5.74, 6) is 0.260. The zero-order chi connectivity index (χ0) is 14.2. The van der Waals surface area contributed by atoms with Gasteiger partial charge in [-0.15, -0.1) is 0 Å². The third-order valence-electron chi connectivity index (χ3n) is 3.15. The number of rotatable bonds is 1. The summed E-state index contributed by atoms with van der Waals surface area (Å²) in [5.41, 5.74) is 2.43. The standard InChI is InChI=1S/C16H11F3O/c17-16(18,19)15-9-8-12-6-7-13(10-14(12)20-15)11-4-2-1-3-5-11/h1-10,15H. The Morgan fingerprint density at radius 1 is 0.900 bits per heavy atom. The number of hydrogen-bond acceptors (Lipinski definition) is 1. The second-order valence-corrected chi connectivity index (χ2v) is 4.56. The van der Waals surface area contributed by atoms with Crippen molar-refractivity contribution < 1.29 is 17.9 Å². The molecular formula is C16H11F3O. The number of fused-ring (bicyclic) bond motifs is 1. The zero-order valence-electron chi connectivity index (χ0n) is 10.4. The van der Waals surface area contributed by atoms with Gasteiger partial charge in [0.05, 0.1) is 0 Å². The van der Waals surface area contributed by atoms with Gasteiger partial charge in [0.25, 0.3) is 0 Å². The molecule has 0 bridgehead atoms. The van der Waals surface area contributed by atoms with Crippen LogP contribution in [-0.2, 0) is 0 Å². The third-order valence-corrected chi connectivity index (χ3v) is 3.15. The van der Waals surface area contributed by atoms with Gasteiger partial charge in [0.15, 0.2) is 0 Å². The molecular weight excluding hydrogens is 265 g/mol. The predicted octanol–water partition coefficient (Wildman–Crippen LogP) is 4.69. The smallest absolute Gasteiger partial charge is 0.429 e. The lowest BCUT2D eigenvalue weighted by Gasteiger charge is -2.23. The molecule has 1 aliphatic rings. The first kappa shape index (κ1) is 12.8. The molecule has 0 radical (unpaired) electrons. The first-order chi connectivity index (χ1) is 9.54. The van der Waals surface area contributed by atoms with E-state index in [1.54, 1.807) is 12.1 Å². The fourth-order valence-electron chi connectivity index (χ4n) is 2.13. The molecule has 0 spiro atoms. The van der Waals surface area contributed by atoms with Crippen molar-refractivity contribution in [1.82, 2.24) is 0 Å². The molecule has 0 saturated heterocycles. The van der Waals surface area contributed by atoms with Crippen LogP contribution in [0.4, 0.5) is 13.2 Å². The molecule has 0 aromatic heterocycles. The molecule has 1 aliphatic heterocycles. The van der Waals surface area contributed by atoms with Gasteiger partial charge in [-0.2, -0.15) is 13.2 Å². The maximum atomic E-state index is 12.7. The van der Waals surface area contributed by atoms with Gasteiger partial charge in [-0.25, -0.2) is 0 Å². The van der Waals surface area contributed by atoms with Crippen LogP contribution in [0, 0.1) is 0 Å². The lowest BCUT2D eigenvalue weighted by Crippen LogP contribution is -2.33. The van der Waals surface area contributed by atoms with Gasteiger partial charge in [-0.05, 0) is 23.3 Å². The highest BCUT2D eigenvalue weighted by Crippen LogP contribution is 2.35. The average molecular weight is 276 g/mol. The van der Waals surface area contributed by atoms with Gasteiger partial charge in [0, 0.05) is 5.56 Å². The van der Waals surface area contributed by atoms with Crippen molar-refractivity contribution >= 4 is 6.08 Å². The van der Waals surface area contributed by atoms with E-state index in [1.807, 2.05) is 36.4 Å². The Bertz CT molecular complexity index is 645. The first-order valence-electron chi connectivity index (χ1n) is 6.15. The zero-order valence-corrected chi connectivity index (χ0v) is 10.4. The number of halogens is 3. The van der Waals surface area contributed by atoms with Gasteiger partial charge >= 0.3 is 6.18 Å². The van der Waals surface area contributed by atoms with E-state index in [4.69, 9.17) is 4.74 Å². The van der Waals surface area contributed by atoms with Crippen molar-refractivity contribution in [3.8, 4) is 16.9 Å². The number of hydrogen-bond donors (Lipinski definition) is 0. The Balaban J connectivity index is 1.97. The quantitative estimate of drug-likeness (QED) is 0.734. The Morgan fingerprint density at radius 2 is 1.65 bits per heavy atom. The van der Waals surface area contributed by atoms with E-state index in [2.05, 4.69) is 0 Å². The van der Waals surface area contributed by atoms with E-state index in [0.717, 1.165) is 17.2 Å². The number of alkyl halides is 3. The molecule has 0 amide bonds. The van der Waals surface area contributed by atoms with Crippen molar-refractivity contribution in [3.63, 3.8) is 0 Å². The fraction of sp³-hybridized carbons (Fsp3) is 0.125. The normalized spacial score (nSPS) is 17.4. The van der Waals surface area contributed by atoms with E-state index < -0.39 is 12.3 Å². The second-order valence-electron chi connectivity index (χ2n) is 4.56. The molecule has 0 fully saturated rings. The summed E-state index contributed by atoms with van der Waals surface area (Å²) in [6.45, 7) is 0. The summed E-state index contributed by atoms with van der Waals surface area (Å²) in [6.07, 6.45) is -3.78. The van der Waals surface area contributed by atoms with E-state index in [-0.39, 0.29) is 5.75 Å². The van der Waals surface area contributed by atoms with Crippen LogP contribution in [0.15, 0.2) is 54.6 Å². The molecule has 20 heavy (non-hydrogen) atoms. The summed E-state index contributed by atoms with van der Waals surface area (Å²) in [7, 11) is 0. The lowest BCUT2D eigenvalue weighted by atomic mass is 10.0. The minimum Gasteiger partial charge on any atom is -0.476 e. The summed E-state index contributed by atoms with van der Waals surface area (Å²) < 4.78 is 43.1. The van der Waals surface area contributed by atoms with Gasteiger partial charge in [0.2, 0.25) is 6.10 Å². The van der Waals surface area contributed by atoms with Crippen molar-refractivity contribution in [2.24, 2.45) is 0 Å². The number of benzene rings is 2. The summed E-state index contributed by atoms with van der Waals surface area (Å²) in [6, 6.07) is 14.7. The highest BCUT2D eigenvalue weighted by atomic mass is 19.4. The molecule has 3 rings (SSSR count). The van der Waals surface area contributed by atoms with Crippen LogP contribution in [0.3, 0.4) is 0 Å². The Morgan fingerprint density at radius 3 is 2.35 bits per heavy atom. The van der Waals surface area contributed by atoms with Gasteiger partial charge < -0.3 is 4.74 Å². The third kappa shape index (κ3) is 2.41. The first-order valence-corrected chi connectivity index (χ1v) is 6.15. The predicted molar refractivity (Wildman–Crippen MR) is 71.4 cm³/mol. The van der Waals surface area contributed by atoms with Gasteiger partial charge in [-0.3, -0.25) is 0 Å². The van der Waals surface area contributed by atoms with Crippen LogP contribution >= 0.6 is 0 Å². The highest BCUT2D eigenvalue weighted by Gasteiger charge is 2.41. The van der Waals surface area contributed by atoms with Crippen LogP contribution in [-0.4, -0.2) is 12.3 Å². The molecule has 1 heterocycles. The summed E-state index contributed by atoms with van der Waals surface area (Å²) in [5, 5.41) is 0. The minimum atomic E-state index is -4.39. The number of ether oxygens (including phenoxy) is 1. The minimum absolute atomic E-state index is 0.260. The van der Waals surface area contributed by atoms with Crippen LogP contribution in [0.2, 0.25) is 0 Å². The Hall–Kier alpha value is -2.23. The topological polar surface area (TPSA) is 9.23 Å². The maximum Gasteiger partial charge on any atom is 0.429 e. The van der Waals surface area contributed by atoms with Crippen molar-refractivity contribution in [1.29, 1.82) is 0 Å². The summed E-state index contributed by atoms with van der Waals surface area (Å²) in [4.78, 5) is 0. The second kappa shape index (κ2) is 4.71. The van der Waals surface area contributed by atoms with Crippen LogP contribution in [0.1, 0.15) is 5.56 Å². The Kier molecular flexibility index (Phi) is 3.01. The van der Waals surface area contributed by atoms with E-state index in [1.165, 1.54) is 6.08 Å². The SMILES string of the molecule is FC(F)(F)C1C=Cc2ccc(-c3ccccc3)cc2O1. The highest BCUT2D eigenvalue weighted by molar-refractivity contribution is 5.70. The molecule has 1 unspecified atom stereocenters. The van der Waals surface area contributed by atoms with Crippen LogP contribution < -0.4 is 4.74 Å². The molecule has 0 aliphatic carbocycles. The van der Waals surface area contributed by atoms with E-state index >= 15 is 0 Å². The molecule has 0 N–H and O–H groups in total. The van der Waals surface area contributed by atoms with Gasteiger partial charge in [0.1, 0.15) is 5.75 Å². The van der Waals surface area contributed by atoms with Crippen LogP contribution in [0.25, 0.3) is 17.2 Å². The van der Waals surface area contributed by atoms with E-state index in [0.29, 0.717) is 5.56 Å². The van der Waals surface area contributed by atoms with Crippen molar-refractivity contribution in [2.45, 2.75) is 12.3 Å². The molecule has 102 valence electrons. The van der Waals surface area contributed by atoms with Crippen molar-refractivity contribution in [2.75, 3.05) is 0 Å². The molecule has 1 nitrogen and oxygen atoms in total. The molecule has 2 aromatic carbocycles. The maximum absolute atomic E-state index is 12.7. The molecule has 1 atom stereocenters. The monoisotopic (exact) mass is 276 g/mol. The summed E-state index contributed by atoms with van der Waals surface area (Å²) >= 11 is 0. The van der Waals surface area contributed by atoms with Crippen LogP contribution in [0.5, 0.6) is 5.75 Å². The fourth-order valence-corrected chi connectivity index (χ4v) is 2.13. The largest absolute Gasteiger partial charge is 0.476 e. The lowest BCUT2D eigenvalue weighted by molar-refractivity contribution is -0.180. The molecule has 4 heteroatoms. The van der Waals surface area contributed by atoms with Gasteiger partial charge in [-0.1, -0.05) is 48.5 Å². The average Bonchev–Trinajstić information content (AvgIpc) is 2.46.